The molecule has 2 saturated heterocycles. The van der Waals surface area contributed by atoms with Crippen LogP contribution in [-0.4, -0.2) is 54.3 Å². The molecule has 3 heterocycles. The van der Waals surface area contributed by atoms with Gasteiger partial charge < -0.3 is 10.1 Å². The molecule has 1 aromatic heterocycles. The molecule has 0 radical (unpaired) electrons. The van der Waals surface area contributed by atoms with Crippen LogP contribution in [0.15, 0.2) is 24.4 Å². The molecule has 1 aliphatic carbocycles. The van der Waals surface area contributed by atoms with E-state index in [0.29, 0.717) is 24.2 Å². The number of pyridine rings is 1. The lowest BCUT2D eigenvalue weighted by molar-refractivity contribution is -0.117. The number of carbonyl (C=O) groups is 1. The SMILES string of the molecule is O=C(Nc1cc2cc(C3CCN(C4COC4)CC3)c(Cl)cc2cn1)[C@H]1C[C@H]1F. The van der Waals surface area contributed by atoms with Crippen LogP contribution < -0.4 is 5.32 Å². The Morgan fingerprint density at radius 3 is 2.61 bits per heavy atom. The van der Waals surface area contributed by atoms with E-state index in [1.54, 1.807) is 6.20 Å². The highest BCUT2D eigenvalue weighted by atomic mass is 35.5. The lowest BCUT2D eigenvalue weighted by atomic mass is 9.87. The van der Waals surface area contributed by atoms with E-state index in [1.165, 1.54) is 0 Å². The minimum atomic E-state index is -1.01. The van der Waals surface area contributed by atoms with Crippen LogP contribution >= 0.6 is 11.6 Å². The maximum Gasteiger partial charge on any atom is 0.231 e. The minimum Gasteiger partial charge on any atom is -0.378 e. The summed E-state index contributed by atoms with van der Waals surface area (Å²) in [6, 6.07) is 6.51. The molecule has 148 valence electrons. The normalized spacial score (nSPS) is 26.2. The first kappa shape index (κ1) is 18.3. The number of carbonyl (C=O) groups excluding carboxylic acids is 1. The number of piperidine rings is 1. The van der Waals surface area contributed by atoms with E-state index in [9.17, 15) is 9.18 Å². The van der Waals surface area contributed by atoms with Crippen molar-refractivity contribution in [2.24, 2.45) is 5.92 Å². The molecule has 2 aliphatic heterocycles. The second-order valence-electron chi connectivity index (χ2n) is 8.14. The fraction of sp³-hybridized carbons (Fsp3) is 0.524. The molecule has 5 rings (SSSR count). The van der Waals surface area contributed by atoms with Gasteiger partial charge in [0.1, 0.15) is 12.0 Å². The Balaban J connectivity index is 1.34. The van der Waals surface area contributed by atoms with Crippen LogP contribution in [0.2, 0.25) is 5.02 Å². The quantitative estimate of drug-likeness (QED) is 0.844. The van der Waals surface area contributed by atoms with E-state index in [2.05, 4.69) is 21.3 Å². The average molecular weight is 404 g/mol. The predicted octanol–water partition coefficient (Wildman–Crippen LogP) is 3.76. The first-order valence-electron chi connectivity index (χ1n) is 9.94. The van der Waals surface area contributed by atoms with Crippen molar-refractivity contribution in [3.8, 4) is 0 Å². The third kappa shape index (κ3) is 3.49. The molecule has 28 heavy (non-hydrogen) atoms. The average Bonchev–Trinajstić information content (AvgIpc) is 3.38. The van der Waals surface area contributed by atoms with Gasteiger partial charge in [-0.1, -0.05) is 11.6 Å². The number of alkyl halides is 1. The van der Waals surface area contributed by atoms with Crippen LogP contribution in [0.5, 0.6) is 0 Å². The number of hydrogen-bond acceptors (Lipinski definition) is 4. The van der Waals surface area contributed by atoms with Crippen molar-refractivity contribution in [2.45, 2.75) is 37.4 Å². The number of anilines is 1. The highest BCUT2D eigenvalue weighted by Gasteiger charge is 2.43. The number of nitrogens with zero attached hydrogens (tertiary/aromatic N) is 2. The molecule has 1 aromatic carbocycles. The van der Waals surface area contributed by atoms with Crippen LogP contribution in [0.1, 0.15) is 30.7 Å². The summed E-state index contributed by atoms with van der Waals surface area (Å²) in [4.78, 5) is 18.8. The van der Waals surface area contributed by atoms with Crippen molar-refractivity contribution in [1.29, 1.82) is 0 Å². The summed E-state index contributed by atoms with van der Waals surface area (Å²) in [6.07, 6.45) is 3.17. The van der Waals surface area contributed by atoms with Crippen molar-refractivity contribution >= 4 is 34.1 Å². The topological polar surface area (TPSA) is 54.5 Å². The highest BCUT2D eigenvalue weighted by molar-refractivity contribution is 6.32. The fourth-order valence-electron chi connectivity index (χ4n) is 4.23. The van der Waals surface area contributed by atoms with Crippen molar-refractivity contribution < 1.29 is 13.9 Å². The number of fused-ring (bicyclic) bond motifs is 1. The summed E-state index contributed by atoms with van der Waals surface area (Å²) in [5.41, 5.74) is 1.16. The Hall–Kier alpha value is -1.76. The van der Waals surface area contributed by atoms with Crippen molar-refractivity contribution in [2.75, 3.05) is 31.6 Å². The van der Waals surface area contributed by atoms with Crippen molar-refractivity contribution in [3.63, 3.8) is 0 Å². The lowest BCUT2D eigenvalue weighted by Gasteiger charge is -2.41. The highest BCUT2D eigenvalue weighted by Crippen LogP contribution is 2.37. The van der Waals surface area contributed by atoms with Crippen molar-refractivity contribution in [3.05, 3.63) is 35.0 Å². The molecule has 7 heteroatoms. The van der Waals surface area contributed by atoms with Crippen LogP contribution in [0.25, 0.3) is 10.8 Å². The molecule has 0 spiro atoms. The zero-order valence-electron chi connectivity index (χ0n) is 15.5. The van der Waals surface area contributed by atoms with Gasteiger partial charge in [-0.2, -0.15) is 0 Å². The molecule has 3 fully saturated rings. The third-order valence-corrected chi connectivity index (χ3v) is 6.57. The van der Waals surface area contributed by atoms with Crippen LogP contribution in [-0.2, 0) is 9.53 Å². The Morgan fingerprint density at radius 2 is 1.96 bits per heavy atom. The van der Waals surface area contributed by atoms with E-state index in [0.717, 1.165) is 60.5 Å². The smallest absolute Gasteiger partial charge is 0.231 e. The Morgan fingerprint density at radius 1 is 1.21 bits per heavy atom. The molecule has 1 N–H and O–H groups in total. The standard InChI is InChI=1S/C21H23ClFN3O2/c22-18-6-14-9-24-20(25-21(27)17-8-19(17)23)7-13(14)5-16(18)12-1-3-26(4-2-12)15-10-28-11-15/h5-7,9,12,15,17,19H,1-4,8,10-11H2,(H,24,25,27)/t17-,19+/m0/s1. The molecule has 3 aliphatic rings. The molecule has 1 saturated carbocycles. The lowest BCUT2D eigenvalue weighted by Crippen LogP contribution is -2.51. The summed E-state index contributed by atoms with van der Waals surface area (Å²) >= 11 is 6.59. The Labute approximate surface area is 168 Å². The van der Waals surface area contributed by atoms with Gasteiger partial charge in [-0.05, 0) is 67.4 Å². The van der Waals surface area contributed by atoms with Gasteiger partial charge in [0, 0.05) is 16.6 Å². The molecule has 0 unspecified atom stereocenters. The van der Waals surface area contributed by atoms with Crippen LogP contribution in [0.4, 0.5) is 10.2 Å². The van der Waals surface area contributed by atoms with Gasteiger partial charge >= 0.3 is 0 Å². The Bertz CT molecular complexity index is 912. The molecule has 0 bridgehead atoms. The van der Waals surface area contributed by atoms with Gasteiger partial charge in [0.2, 0.25) is 5.91 Å². The van der Waals surface area contributed by atoms with Gasteiger partial charge in [-0.15, -0.1) is 0 Å². The van der Waals surface area contributed by atoms with E-state index in [-0.39, 0.29) is 5.91 Å². The van der Waals surface area contributed by atoms with E-state index in [4.69, 9.17) is 16.3 Å². The number of ether oxygens (including phenoxy) is 1. The number of benzene rings is 1. The van der Waals surface area contributed by atoms with Crippen molar-refractivity contribution in [1.82, 2.24) is 9.88 Å². The summed E-state index contributed by atoms with van der Waals surface area (Å²) in [5.74, 6) is 0.0780. The van der Waals surface area contributed by atoms with Gasteiger partial charge in [-0.25, -0.2) is 9.37 Å². The number of nitrogens with one attached hydrogen (secondary N) is 1. The summed E-state index contributed by atoms with van der Waals surface area (Å²) < 4.78 is 18.4. The number of rotatable bonds is 4. The Kier molecular flexibility index (Phi) is 4.73. The molecular weight excluding hydrogens is 381 g/mol. The third-order valence-electron chi connectivity index (χ3n) is 6.24. The second-order valence-corrected chi connectivity index (χ2v) is 8.55. The number of halogens is 2. The first-order valence-corrected chi connectivity index (χ1v) is 10.3. The first-order chi connectivity index (χ1) is 13.6. The predicted molar refractivity (Wildman–Crippen MR) is 107 cm³/mol. The van der Waals surface area contributed by atoms with E-state index >= 15 is 0 Å². The molecule has 5 nitrogen and oxygen atoms in total. The maximum absolute atomic E-state index is 13.1. The summed E-state index contributed by atoms with van der Waals surface area (Å²) in [6.45, 7) is 3.84. The molecule has 1 amide bonds. The maximum atomic E-state index is 13.1. The zero-order chi connectivity index (χ0) is 19.3. The largest absolute Gasteiger partial charge is 0.378 e. The number of hydrogen-bond donors (Lipinski definition) is 1. The summed E-state index contributed by atoms with van der Waals surface area (Å²) in [7, 11) is 0. The van der Waals surface area contributed by atoms with Gasteiger partial charge in [0.05, 0.1) is 25.2 Å². The number of likely N-dealkylation sites (tertiary alicyclic amines) is 1. The minimum absolute atomic E-state index is 0.291. The molecule has 2 aromatic rings. The van der Waals surface area contributed by atoms with Gasteiger partial charge in [0.15, 0.2) is 0 Å². The van der Waals surface area contributed by atoms with Crippen LogP contribution in [0.3, 0.4) is 0 Å². The van der Waals surface area contributed by atoms with Gasteiger partial charge in [-0.3, -0.25) is 9.69 Å². The van der Waals surface area contributed by atoms with E-state index in [1.807, 2.05) is 12.1 Å². The van der Waals surface area contributed by atoms with E-state index < -0.39 is 12.1 Å². The summed E-state index contributed by atoms with van der Waals surface area (Å²) in [5, 5.41) is 5.43. The zero-order valence-corrected chi connectivity index (χ0v) is 16.3. The fourth-order valence-corrected chi connectivity index (χ4v) is 4.55. The van der Waals surface area contributed by atoms with Crippen LogP contribution in [0, 0.1) is 5.92 Å². The molecule has 2 atom stereocenters. The molecular formula is C21H23ClFN3O2. The van der Waals surface area contributed by atoms with Gasteiger partial charge in [0.25, 0.3) is 0 Å². The number of amides is 1. The second kappa shape index (κ2) is 7.25. The monoisotopic (exact) mass is 403 g/mol. The number of aromatic nitrogens is 1.